The smallest absolute Gasteiger partial charge is 0.325 e. The summed E-state index contributed by atoms with van der Waals surface area (Å²) in [4.78, 5) is 35.7. The lowest BCUT2D eigenvalue weighted by Crippen LogP contribution is -2.49. The van der Waals surface area contributed by atoms with E-state index in [9.17, 15) is 14.4 Å². The minimum Gasteiger partial charge on any atom is -0.481 e. The maximum absolute atomic E-state index is 12.1. The van der Waals surface area contributed by atoms with Crippen LogP contribution in [0.25, 0.3) is 0 Å². The van der Waals surface area contributed by atoms with Crippen LogP contribution in [-0.4, -0.2) is 67.4 Å². The number of carboxylic acid groups (broad SMARTS) is 1. The summed E-state index contributed by atoms with van der Waals surface area (Å²) in [6.45, 7) is 5.25. The maximum atomic E-state index is 12.1. The van der Waals surface area contributed by atoms with Gasteiger partial charge in [0.2, 0.25) is 0 Å². The number of methoxy groups -OCH3 is 1. The summed E-state index contributed by atoms with van der Waals surface area (Å²) in [6, 6.07) is -1.09. The van der Waals surface area contributed by atoms with Crippen molar-refractivity contribution in [3.63, 3.8) is 0 Å². The molecule has 0 saturated heterocycles. The van der Waals surface area contributed by atoms with E-state index >= 15 is 0 Å². The molecule has 2 amide bonds. The molecule has 8 nitrogen and oxygen atoms in total. The van der Waals surface area contributed by atoms with Crippen molar-refractivity contribution >= 4 is 18.0 Å². The number of rotatable bonds is 9. The van der Waals surface area contributed by atoms with Gasteiger partial charge < -0.3 is 24.8 Å². The van der Waals surface area contributed by atoms with Crippen LogP contribution >= 0.6 is 0 Å². The van der Waals surface area contributed by atoms with Crippen molar-refractivity contribution in [2.24, 2.45) is 5.92 Å². The molecule has 0 rings (SSSR count). The average Bonchev–Trinajstić information content (AvgIpc) is 2.42. The quantitative estimate of drug-likeness (QED) is 0.594. The number of urea groups is 1. The first kappa shape index (κ1) is 19.2. The molecular weight excluding hydrogens is 280 g/mol. The van der Waals surface area contributed by atoms with Crippen LogP contribution in [0, 0.1) is 5.92 Å². The van der Waals surface area contributed by atoms with Gasteiger partial charge in [-0.15, -0.1) is 0 Å². The highest BCUT2D eigenvalue weighted by atomic mass is 16.5. The van der Waals surface area contributed by atoms with E-state index in [0.29, 0.717) is 0 Å². The Balaban J connectivity index is 4.63. The molecule has 0 saturated carbocycles. The normalized spacial score (nSPS) is 13.1. The van der Waals surface area contributed by atoms with Gasteiger partial charge in [0, 0.05) is 19.7 Å². The number of carbonyl (C=O) groups is 3. The molecule has 8 heteroatoms. The fraction of sp³-hybridized carbons (Fsp3) is 0.769. The molecule has 2 unspecified atom stereocenters. The molecule has 0 bridgehead atoms. The largest absolute Gasteiger partial charge is 0.481 e. The zero-order valence-corrected chi connectivity index (χ0v) is 12.9. The van der Waals surface area contributed by atoms with Crippen molar-refractivity contribution < 1.29 is 29.0 Å². The first-order chi connectivity index (χ1) is 9.83. The molecule has 21 heavy (non-hydrogen) atoms. The van der Waals surface area contributed by atoms with Crippen LogP contribution in [0.2, 0.25) is 0 Å². The number of esters is 1. The molecule has 0 radical (unpaired) electrons. The molecule has 2 atom stereocenters. The molecule has 122 valence electrons. The molecule has 0 aromatic heterocycles. The van der Waals surface area contributed by atoms with Crippen molar-refractivity contribution in [3.05, 3.63) is 0 Å². The summed E-state index contributed by atoms with van der Waals surface area (Å²) in [5.74, 6) is -2.26. The summed E-state index contributed by atoms with van der Waals surface area (Å²) >= 11 is 0. The Morgan fingerprint density at radius 2 is 1.90 bits per heavy atom. The molecule has 2 N–H and O–H groups in total. The van der Waals surface area contributed by atoms with Crippen LogP contribution in [0.1, 0.15) is 20.8 Å². The van der Waals surface area contributed by atoms with Gasteiger partial charge in [0.1, 0.15) is 6.54 Å². The topological polar surface area (TPSA) is 105 Å². The number of carboxylic acids is 1. The second kappa shape index (κ2) is 9.98. The Morgan fingerprint density at radius 1 is 1.29 bits per heavy atom. The Hall–Kier alpha value is -1.83. The van der Waals surface area contributed by atoms with Crippen LogP contribution in [0.15, 0.2) is 0 Å². The number of hydrogen-bond acceptors (Lipinski definition) is 5. The SMILES string of the molecule is CCOC(=O)CN(CCOC)C(=O)NC(C)C(C)C(=O)O. The third kappa shape index (κ3) is 7.50. The number of amides is 2. The summed E-state index contributed by atoms with van der Waals surface area (Å²) in [5.41, 5.74) is 0. The van der Waals surface area contributed by atoms with E-state index in [0.717, 1.165) is 0 Å². The lowest BCUT2D eigenvalue weighted by molar-refractivity contribution is -0.144. The number of nitrogens with one attached hydrogen (secondary N) is 1. The number of carbonyl (C=O) groups excluding carboxylic acids is 2. The van der Waals surface area contributed by atoms with Gasteiger partial charge in [-0.1, -0.05) is 0 Å². The second-order valence-corrected chi connectivity index (χ2v) is 4.58. The van der Waals surface area contributed by atoms with Gasteiger partial charge in [-0.25, -0.2) is 4.79 Å². The van der Waals surface area contributed by atoms with Crippen molar-refractivity contribution in [1.29, 1.82) is 0 Å². The number of ether oxygens (including phenoxy) is 2. The molecule has 0 aliphatic rings. The summed E-state index contributed by atoms with van der Waals surface area (Å²) in [5, 5.41) is 11.5. The summed E-state index contributed by atoms with van der Waals surface area (Å²) in [7, 11) is 1.48. The highest BCUT2D eigenvalue weighted by Crippen LogP contribution is 2.03. The Bertz CT molecular complexity index is 361. The van der Waals surface area contributed by atoms with Gasteiger partial charge >= 0.3 is 18.0 Å². The van der Waals surface area contributed by atoms with Gasteiger partial charge in [-0.3, -0.25) is 9.59 Å². The van der Waals surface area contributed by atoms with Gasteiger partial charge in [0.15, 0.2) is 0 Å². The summed E-state index contributed by atoms with van der Waals surface area (Å²) < 4.78 is 9.68. The fourth-order valence-corrected chi connectivity index (χ4v) is 1.44. The second-order valence-electron chi connectivity index (χ2n) is 4.58. The summed E-state index contributed by atoms with van der Waals surface area (Å²) in [6.07, 6.45) is 0. The zero-order chi connectivity index (χ0) is 16.4. The predicted molar refractivity (Wildman–Crippen MR) is 74.9 cm³/mol. The van der Waals surface area contributed by atoms with E-state index in [1.54, 1.807) is 13.8 Å². The number of hydrogen-bond donors (Lipinski definition) is 2. The highest BCUT2D eigenvalue weighted by molar-refractivity contribution is 5.81. The number of aliphatic carboxylic acids is 1. The first-order valence-electron chi connectivity index (χ1n) is 6.76. The Labute approximate surface area is 124 Å². The molecule has 0 fully saturated rings. The molecule has 0 spiro atoms. The van der Waals surface area contributed by atoms with Gasteiger partial charge in [-0.2, -0.15) is 0 Å². The Kier molecular flexibility index (Phi) is 9.11. The lowest BCUT2D eigenvalue weighted by atomic mass is 10.0. The van der Waals surface area contributed by atoms with Crippen molar-refractivity contribution in [2.45, 2.75) is 26.8 Å². The minimum absolute atomic E-state index is 0.204. The van der Waals surface area contributed by atoms with E-state index in [-0.39, 0.29) is 26.3 Å². The van der Waals surface area contributed by atoms with Gasteiger partial charge in [0.05, 0.1) is 19.1 Å². The minimum atomic E-state index is -1.00. The van der Waals surface area contributed by atoms with Crippen molar-refractivity contribution in [1.82, 2.24) is 10.2 Å². The fourth-order valence-electron chi connectivity index (χ4n) is 1.44. The van der Waals surface area contributed by atoms with Crippen LogP contribution < -0.4 is 5.32 Å². The maximum Gasteiger partial charge on any atom is 0.325 e. The average molecular weight is 304 g/mol. The van der Waals surface area contributed by atoms with E-state index < -0.39 is 29.9 Å². The molecule has 0 aliphatic heterocycles. The van der Waals surface area contributed by atoms with E-state index in [1.165, 1.54) is 18.9 Å². The van der Waals surface area contributed by atoms with Crippen LogP contribution in [0.5, 0.6) is 0 Å². The van der Waals surface area contributed by atoms with E-state index in [4.69, 9.17) is 14.6 Å². The molecule has 0 heterocycles. The van der Waals surface area contributed by atoms with Crippen molar-refractivity contribution in [2.75, 3.05) is 33.4 Å². The van der Waals surface area contributed by atoms with E-state index in [1.807, 2.05) is 0 Å². The first-order valence-corrected chi connectivity index (χ1v) is 6.76. The van der Waals surface area contributed by atoms with E-state index in [2.05, 4.69) is 5.32 Å². The third-order valence-corrected chi connectivity index (χ3v) is 2.97. The van der Waals surface area contributed by atoms with Crippen molar-refractivity contribution in [3.8, 4) is 0 Å². The standard InChI is InChI=1S/C13H24N2O6/c1-5-21-11(16)8-15(6-7-20-4)13(19)14-10(3)9(2)12(17)18/h9-10H,5-8H2,1-4H3,(H,14,19)(H,17,18). The zero-order valence-electron chi connectivity index (χ0n) is 12.9. The highest BCUT2D eigenvalue weighted by Gasteiger charge is 2.24. The third-order valence-electron chi connectivity index (χ3n) is 2.97. The van der Waals surface area contributed by atoms with Gasteiger partial charge in [-0.05, 0) is 20.8 Å². The van der Waals surface area contributed by atoms with Crippen LogP contribution in [0.4, 0.5) is 4.79 Å². The monoisotopic (exact) mass is 304 g/mol. The molecule has 0 aromatic rings. The molecule has 0 aliphatic carbocycles. The number of nitrogens with zero attached hydrogens (tertiary/aromatic N) is 1. The predicted octanol–water partition coefficient (Wildman–Crippen LogP) is 0.317. The van der Waals surface area contributed by atoms with Crippen LogP contribution in [-0.2, 0) is 19.1 Å². The van der Waals surface area contributed by atoms with Gasteiger partial charge in [0.25, 0.3) is 0 Å². The molecular formula is C13H24N2O6. The Morgan fingerprint density at radius 3 is 2.38 bits per heavy atom. The lowest BCUT2D eigenvalue weighted by Gasteiger charge is -2.25. The molecule has 0 aromatic carbocycles. The van der Waals surface area contributed by atoms with Crippen LogP contribution in [0.3, 0.4) is 0 Å².